The Morgan fingerprint density at radius 3 is 2.44 bits per heavy atom. The smallest absolute Gasteiger partial charge is 0.323 e. The maximum absolute atomic E-state index is 10.9. The Balaban J connectivity index is 2.40. The molecule has 0 aliphatic carbocycles. The summed E-state index contributed by atoms with van der Waals surface area (Å²) in [5, 5.41) is 8.91. The molecule has 0 saturated carbocycles. The van der Waals surface area contributed by atoms with Gasteiger partial charge in [-0.05, 0) is 27.2 Å². The van der Waals surface area contributed by atoms with Crippen molar-refractivity contribution in [3.63, 3.8) is 0 Å². The predicted molar refractivity (Wildman–Crippen MR) is 61.3 cm³/mol. The largest absolute Gasteiger partial charge is 0.480 e. The van der Waals surface area contributed by atoms with Gasteiger partial charge in [0, 0.05) is 19.6 Å². The summed E-state index contributed by atoms with van der Waals surface area (Å²) in [4.78, 5) is 13.1. The van der Waals surface area contributed by atoms with Gasteiger partial charge in [-0.3, -0.25) is 9.69 Å². The molecule has 94 valence electrons. The molecule has 16 heavy (non-hydrogen) atoms. The maximum atomic E-state index is 10.9. The SMILES string of the molecule is C[C@@H]1CN(CCC(C)(N)C(=O)O)C[C@H](C)O1. The van der Waals surface area contributed by atoms with Crippen LogP contribution in [0.4, 0.5) is 0 Å². The summed E-state index contributed by atoms with van der Waals surface area (Å²) in [5.74, 6) is -0.943. The number of rotatable bonds is 4. The molecule has 1 fully saturated rings. The molecule has 0 aromatic carbocycles. The van der Waals surface area contributed by atoms with Gasteiger partial charge >= 0.3 is 5.97 Å². The molecule has 5 heteroatoms. The van der Waals surface area contributed by atoms with Gasteiger partial charge in [0.15, 0.2) is 0 Å². The molecule has 0 amide bonds. The number of hydrogen-bond donors (Lipinski definition) is 2. The van der Waals surface area contributed by atoms with Crippen LogP contribution >= 0.6 is 0 Å². The normalized spacial score (nSPS) is 31.0. The maximum Gasteiger partial charge on any atom is 0.323 e. The number of nitrogens with zero attached hydrogens (tertiary/aromatic N) is 1. The van der Waals surface area contributed by atoms with Crippen LogP contribution in [0.1, 0.15) is 27.2 Å². The Kier molecular flexibility index (Phi) is 4.29. The number of aliphatic carboxylic acids is 1. The summed E-state index contributed by atoms with van der Waals surface area (Å²) in [7, 11) is 0. The van der Waals surface area contributed by atoms with Crippen LogP contribution in [0.3, 0.4) is 0 Å². The van der Waals surface area contributed by atoms with Crippen LogP contribution in [-0.2, 0) is 9.53 Å². The van der Waals surface area contributed by atoms with E-state index in [-0.39, 0.29) is 12.2 Å². The van der Waals surface area contributed by atoms with Crippen LogP contribution in [0.5, 0.6) is 0 Å². The fraction of sp³-hybridized carbons (Fsp3) is 0.909. The highest BCUT2D eigenvalue weighted by Crippen LogP contribution is 2.13. The van der Waals surface area contributed by atoms with Crippen molar-refractivity contribution >= 4 is 5.97 Å². The molecule has 0 aromatic heterocycles. The van der Waals surface area contributed by atoms with Crippen molar-refractivity contribution < 1.29 is 14.6 Å². The molecule has 0 aromatic rings. The van der Waals surface area contributed by atoms with Gasteiger partial charge in [-0.15, -0.1) is 0 Å². The zero-order valence-corrected chi connectivity index (χ0v) is 10.3. The molecule has 1 aliphatic heterocycles. The Labute approximate surface area is 96.6 Å². The van der Waals surface area contributed by atoms with Crippen molar-refractivity contribution in [3.8, 4) is 0 Å². The van der Waals surface area contributed by atoms with E-state index in [9.17, 15) is 4.79 Å². The first-order chi connectivity index (χ1) is 7.31. The Morgan fingerprint density at radius 1 is 1.50 bits per heavy atom. The molecule has 1 rings (SSSR count). The molecule has 3 atom stereocenters. The van der Waals surface area contributed by atoms with E-state index in [4.69, 9.17) is 15.6 Å². The molecule has 0 bridgehead atoms. The van der Waals surface area contributed by atoms with Gasteiger partial charge in [0.05, 0.1) is 12.2 Å². The minimum absolute atomic E-state index is 0.206. The van der Waals surface area contributed by atoms with E-state index in [1.807, 2.05) is 13.8 Å². The molecule has 5 nitrogen and oxygen atoms in total. The molecule has 1 saturated heterocycles. The Hall–Kier alpha value is -0.650. The van der Waals surface area contributed by atoms with E-state index < -0.39 is 11.5 Å². The molecule has 1 heterocycles. The first-order valence-electron chi connectivity index (χ1n) is 5.71. The summed E-state index contributed by atoms with van der Waals surface area (Å²) in [5.41, 5.74) is 4.55. The molecule has 1 unspecified atom stereocenters. The van der Waals surface area contributed by atoms with E-state index in [1.165, 1.54) is 0 Å². The van der Waals surface area contributed by atoms with Crippen molar-refractivity contribution in [3.05, 3.63) is 0 Å². The van der Waals surface area contributed by atoms with Crippen LogP contribution in [0.15, 0.2) is 0 Å². The third-order valence-electron chi connectivity index (χ3n) is 2.93. The molecule has 1 aliphatic rings. The fourth-order valence-corrected chi connectivity index (χ4v) is 1.96. The minimum Gasteiger partial charge on any atom is -0.480 e. The molecule has 0 spiro atoms. The van der Waals surface area contributed by atoms with E-state index in [2.05, 4.69) is 4.90 Å². The van der Waals surface area contributed by atoms with E-state index in [1.54, 1.807) is 6.92 Å². The third-order valence-corrected chi connectivity index (χ3v) is 2.93. The molecule has 3 N–H and O–H groups in total. The number of hydrogen-bond acceptors (Lipinski definition) is 4. The van der Waals surface area contributed by atoms with Gasteiger partial charge in [-0.2, -0.15) is 0 Å². The molecule has 0 radical (unpaired) electrons. The highest BCUT2D eigenvalue weighted by atomic mass is 16.5. The number of carboxylic acids is 1. The summed E-state index contributed by atoms with van der Waals surface area (Å²) < 4.78 is 5.61. The summed E-state index contributed by atoms with van der Waals surface area (Å²) >= 11 is 0. The van der Waals surface area contributed by atoms with Gasteiger partial charge in [-0.1, -0.05) is 0 Å². The standard InChI is InChI=1S/C11H22N2O3/c1-8-6-13(7-9(2)16-8)5-4-11(3,12)10(14)15/h8-9H,4-7,12H2,1-3H3,(H,14,15)/t8-,9+,11?. The number of ether oxygens (including phenoxy) is 1. The van der Waals surface area contributed by atoms with Gasteiger partial charge in [0.2, 0.25) is 0 Å². The number of carbonyl (C=O) groups is 1. The van der Waals surface area contributed by atoms with Crippen molar-refractivity contribution in [1.82, 2.24) is 4.90 Å². The second kappa shape index (κ2) is 5.12. The second-order valence-corrected chi connectivity index (χ2v) is 4.99. The summed E-state index contributed by atoms with van der Waals surface area (Å²) in [6.45, 7) is 8.02. The number of morpholine rings is 1. The Morgan fingerprint density at radius 2 is 2.00 bits per heavy atom. The van der Waals surface area contributed by atoms with Crippen LogP contribution in [-0.4, -0.2) is 53.4 Å². The predicted octanol–water partition coefficient (Wildman–Crippen LogP) is 0.288. The fourth-order valence-electron chi connectivity index (χ4n) is 1.96. The van der Waals surface area contributed by atoms with Gasteiger partial charge in [-0.25, -0.2) is 0 Å². The van der Waals surface area contributed by atoms with Crippen LogP contribution < -0.4 is 5.73 Å². The Bertz CT molecular complexity index is 246. The summed E-state index contributed by atoms with van der Waals surface area (Å²) in [6, 6.07) is 0. The lowest BCUT2D eigenvalue weighted by Crippen LogP contribution is -2.51. The van der Waals surface area contributed by atoms with E-state index in [0.717, 1.165) is 13.1 Å². The topological polar surface area (TPSA) is 75.8 Å². The monoisotopic (exact) mass is 230 g/mol. The first kappa shape index (κ1) is 13.4. The van der Waals surface area contributed by atoms with Gasteiger partial charge in [0.1, 0.15) is 5.54 Å². The van der Waals surface area contributed by atoms with Crippen molar-refractivity contribution in [2.24, 2.45) is 5.73 Å². The zero-order chi connectivity index (χ0) is 12.3. The average Bonchev–Trinajstić information content (AvgIpc) is 2.13. The van der Waals surface area contributed by atoms with Gasteiger partial charge < -0.3 is 15.6 Å². The van der Waals surface area contributed by atoms with Gasteiger partial charge in [0.25, 0.3) is 0 Å². The highest BCUT2D eigenvalue weighted by molar-refractivity contribution is 5.77. The molecular formula is C11H22N2O3. The lowest BCUT2D eigenvalue weighted by atomic mass is 9.99. The lowest BCUT2D eigenvalue weighted by molar-refractivity contribution is -0.143. The molecular weight excluding hydrogens is 208 g/mol. The first-order valence-corrected chi connectivity index (χ1v) is 5.71. The van der Waals surface area contributed by atoms with Crippen molar-refractivity contribution in [2.45, 2.75) is 44.9 Å². The quantitative estimate of drug-likeness (QED) is 0.726. The van der Waals surface area contributed by atoms with Crippen LogP contribution in [0.2, 0.25) is 0 Å². The second-order valence-electron chi connectivity index (χ2n) is 4.99. The number of carboxylic acid groups (broad SMARTS) is 1. The van der Waals surface area contributed by atoms with Crippen molar-refractivity contribution in [2.75, 3.05) is 19.6 Å². The van der Waals surface area contributed by atoms with Crippen LogP contribution in [0, 0.1) is 0 Å². The van der Waals surface area contributed by atoms with E-state index >= 15 is 0 Å². The average molecular weight is 230 g/mol. The van der Waals surface area contributed by atoms with E-state index in [0.29, 0.717) is 13.0 Å². The third kappa shape index (κ3) is 3.73. The number of nitrogens with two attached hydrogens (primary N) is 1. The van der Waals surface area contributed by atoms with Crippen molar-refractivity contribution in [1.29, 1.82) is 0 Å². The minimum atomic E-state index is -1.13. The summed E-state index contributed by atoms with van der Waals surface area (Å²) in [6.07, 6.45) is 0.872. The van der Waals surface area contributed by atoms with Crippen LogP contribution in [0.25, 0.3) is 0 Å². The lowest BCUT2D eigenvalue weighted by Gasteiger charge is -2.36. The zero-order valence-electron chi connectivity index (χ0n) is 10.3. The highest BCUT2D eigenvalue weighted by Gasteiger charge is 2.30.